The maximum Gasteiger partial charge on any atom is 0.330 e. The predicted molar refractivity (Wildman–Crippen MR) is 83.6 cm³/mol. The Balaban J connectivity index is 3.13. The molecule has 0 saturated heterocycles. The number of hydrogen-bond acceptors (Lipinski definition) is 3. The molecule has 0 aromatic rings. The molecule has 0 saturated carbocycles. The van der Waals surface area contributed by atoms with Crippen LogP contribution in [0.25, 0.3) is 0 Å². The fraction of sp³-hybridized carbons (Fsp3) is 0.824. The first-order valence-electron chi connectivity index (χ1n) is 8.18. The van der Waals surface area contributed by atoms with Gasteiger partial charge in [-0.3, -0.25) is 0 Å². The lowest BCUT2D eigenvalue weighted by molar-refractivity contribution is -0.137. The van der Waals surface area contributed by atoms with Gasteiger partial charge >= 0.3 is 5.97 Å². The smallest absolute Gasteiger partial charge is 0.330 e. The fourth-order valence-corrected chi connectivity index (χ4v) is 2.18. The highest BCUT2D eigenvalue weighted by Crippen LogP contribution is 2.12. The average molecular weight is 284 g/mol. The van der Waals surface area contributed by atoms with Crippen molar-refractivity contribution in [1.29, 1.82) is 0 Å². The van der Waals surface area contributed by atoms with Crippen molar-refractivity contribution in [3.8, 4) is 0 Å². The van der Waals surface area contributed by atoms with Crippen LogP contribution in [-0.2, 0) is 9.53 Å². The van der Waals surface area contributed by atoms with E-state index in [0.29, 0.717) is 6.61 Å². The van der Waals surface area contributed by atoms with Gasteiger partial charge in [0.05, 0.1) is 12.7 Å². The number of hydrogen-bond donors (Lipinski definition) is 1. The van der Waals surface area contributed by atoms with E-state index >= 15 is 0 Å². The standard InChI is InChI=1S/C17H32O3/c1-3-5-13-16(18)14-11-9-7-6-8-10-12-15-20-17(19)4-2/h4,16,18H,2-3,5-15H2,1H3. The maximum atomic E-state index is 10.8. The highest BCUT2D eigenvalue weighted by molar-refractivity contribution is 5.81. The molecule has 1 N–H and O–H groups in total. The SMILES string of the molecule is C=CC(=O)OCCCCCCCCCC(O)CCCC. The Labute approximate surface area is 124 Å². The van der Waals surface area contributed by atoms with E-state index in [2.05, 4.69) is 13.5 Å². The van der Waals surface area contributed by atoms with Crippen LogP contribution >= 0.6 is 0 Å². The third kappa shape index (κ3) is 13.6. The molecule has 0 aliphatic carbocycles. The van der Waals surface area contributed by atoms with Gasteiger partial charge in [-0.15, -0.1) is 0 Å². The van der Waals surface area contributed by atoms with Crippen molar-refractivity contribution in [1.82, 2.24) is 0 Å². The normalized spacial score (nSPS) is 12.1. The molecule has 118 valence electrons. The Morgan fingerprint density at radius 1 is 1.05 bits per heavy atom. The van der Waals surface area contributed by atoms with Gasteiger partial charge in [0, 0.05) is 6.08 Å². The zero-order valence-electron chi connectivity index (χ0n) is 13.1. The van der Waals surface area contributed by atoms with E-state index in [1.54, 1.807) is 0 Å². The summed E-state index contributed by atoms with van der Waals surface area (Å²) >= 11 is 0. The number of carbonyl (C=O) groups is 1. The summed E-state index contributed by atoms with van der Waals surface area (Å²) in [5, 5.41) is 9.70. The third-order valence-corrected chi connectivity index (χ3v) is 3.48. The van der Waals surface area contributed by atoms with Crippen LogP contribution in [-0.4, -0.2) is 23.8 Å². The van der Waals surface area contributed by atoms with Crippen LogP contribution in [0.4, 0.5) is 0 Å². The van der Waals surface area contributed by atoms with Crippen LogP contribution in [0.15, 0.2) is 12.7 Å². The monoisotopic (exact) mass is 284 g/mol. The van der Waals surface area contributed by atoms with Crippen LogP contribution in [0.2, 0.25) is 0 Å². The zero-order valence-corrected chi connectivity index (χ0v) is 13.1. The molecule has 0 amide bonds. The van der Waals surface area contributed by atoms with Crippen LogP contribution < -0.4 is 0 Å². The summed E-state index contributed by atoms with van der Waals surface area (Å²) in [6, 6.07) is 0. The molecule has 1 unspecified atom stereocenters. The Hall–Kier alpha value is -0.830. The Kier molecular flexibility index (Phi) is 14.0. The van der Waals surface area contributed by atoms with Gasteiger partial charge < -0.3 is 9.84 Å². The minimum absolute atomic E-state index is 0.0884. The lowest BCUT2D eigenvalue weighted by Crippen LogP contribution is -2.05. The summed E-state index contributed by atoms with van der Waals surface area (Å²) in [6.07, 6.45) is 13.4. The van der Waals surface area contributed by atoms with E-state index in [-0.39, 0.29) is 12.1 Å². The Morgan fingerprint density at radius 2 is 1.60 bits per heavy atom. The molecular weight excluding hydrogens is 252 g/mol. The van der Waals surface area contributed by atoms with Crippen molar-refractivity contribution >= 4 is 5.97 Å². The summed E-state index contributed by atoms with van der Waals surface area (Å²) in [4.78, 5) is 10.8. The first-order valence-corrected chi connectivity index (χ1v) is 8.18. The molecule has 0 aliphatic heterocycles. The fourth-order valence-electron chi connectivity index (χ4n) is 2.18. The molecule has 3 heteroatoms. The van der Waals surface area contributed by atoms with E-state index in [4.69, 9.17) is 4.74 Å². The highest BCUT2D eigenvalue weighted by Gasteiger charge is 2.02. The molecule has 0 heterocycles. The van der Waals surface area contributed by atoms with Crippen LogP contribution in [0, 0.1) is 0 Å². The van der Waals surface area contributed by atoms with E-state index in [9.17, 15) is 9.90 Å². The molecule has 3 nitrogen and oxygen atoms in total. The van der Waals surface area contributed by atoms with Crippen molar-refractivity contribution in [2.24, 2.45) is 0 Å². The van der Waals surface area contributed by atoms with Crippen molar-refractivity contribution in [3.63, 3.8) is 0 Å². The number of aliphatic hydroxyl groups is 1. The van der Waals surface area contributed by atoms with Crippen LogP contribution in [0.1, 0.15) is 77.6 Å². The first kappa shape index (κ1) is 19.2. The van der Waals surface area contributed by atoms with Crippen molar-refractivity contribution in [2.75, 3.05) is 6.61 Å². The van der Waals surface area contributed by atoms with Crippen molar-refractivity contribution < 1.29 is 14.6 Å². The molecule has 1 atom stereocenters. The number of rotatable bonds is 14. The number of carbonyl (C=O) groups excluding carboxylic acids is 1. The second-order valence-electron chi connectivity index (χ2n) is 5.43. The lowest BCUT2D eigenvalue weighted by Gasteiger charge is -2.09. The van der Waals surface area contributed by atoms with Gasteiger partial charge in [0.15, 0.2) is 0 Å². The minimum Gasteiger partial charge on any atom is -0.463 e. The van der Waals surface area contributed by atoms with Gasteiger partial charge in [-0.1, -0.05) is 64.9 Å². The van der Waals surface area contributed by atoms with Crippen molar-refractivity contribution in [2.45, 2.75) is 83.7 Å². The van der Waals surface area contributed by atoms with E-state index in [1.165, 1.54) is 38.2 Å². The Morgan fingerprint density at radius 3 is 2.20 bits per heavy atom. The zero-order chi connectivity index (χ0) is 15.1. The van der Waals surface area contributed by atoms with E-state index in [1.807, 2.05) is 0 Å². The van der Waals surface area contributed by atoms with E-state index in [0.717, 1.165) is 38.5 Å². The summed E-state index contributed by atoms with van der Waals surface area (Å²) in [5.41, 5.74) is 0. The van der Waals surface area contributed by atoms with Gasteiger partial charge in [-0.25, -0.2) is 4.79 Å². The number of aliphatic hydroxyl groups excluding tert-OH is 1. The minimum atomic E-state index is -0.327. The molecule has 0 aromatic heterocycles. The van der Waals surface area contributed by atoms with Gasteiger partial charge in [0.25, 0.3) is 0 Å². The molecule has 0 aromatic carbocycles. The van der Waals surface area contributed by atoms with Gasteiger partial charge in [0.1, 0.15) is 0 Å². The summed E-state index contributed by atoms with van der Waals surface area (Å²) < 4.78 is 4.91. The number of unbranched alkanes of at least 4 members (excludes halogenated alkanes) is 7. The second-order valence-corrected chi connectivity index (χ2v) is 5.43. The summed E-state index contributed by atoms with van der Waals surface area (Å²) in [6.45, 7) is 6.02. The average Bonchev–Trinajstić information content (AvgIpc) is 2.46. The molecule has 0 bridgehead atoms. The summed E-state index contributed by atoms with van der Waals surface area (Å²) in [5.74, 6) is -0.327. The number of esters is 1. The van der Waals surface area contributed by atoms with Gasteiger partial charge in [-0.05, 0) is 19.3 Å². The quantitative estimate of drug-likeness (QED) is 0.292. The second kappa shape index (κ2) is 14.6. The number of ether oxygens (including phenoxy) is 1. The third-order valence-electron chi connectivity index (χ3n) is 3.48. The van der Waals surface area contributed by atoms with Crippen LogP contribution in [0.5, 0.6) is 0 Å². The molecule has 0 fully saturated rings. The predicted octanol–water partition coefficient (Wildman–Crippen LogP) is 4.39. The Bertz CT molecular complexity index is 238. The topological polar surface area (TPSA) is 46.5 Å². The molecule has 0 radical (unpaired) electrons. The largest absolute Gasteiger partial charge is 0.463 e. The lowest BCUT2D eigenvalue weighted by atomic mass is 10.0. The van der Waals surface area contributed by atoms with Gasteiger partial charge in [0.2, 0.25) is 0 Å². The molecule has 20 heavy (non-hydrogen) atoms. The first-order chi connectivity index (χ1) is 9.70. The molecular formula is C17H32O3. The van der Waals surface area contributed by atoms with Gasteiger partial charge in [-0.2, -0.15) is 0 Å². The highest BCUT2D eigenvalue weighted by atomic mass is 16.5. The molecule has 0 rings (SSSR count). The maximum absolute atomic E-state index is 10.8. The molecule has 0 aliphatic rings. The molecule has 0 spiro atoms. The van der Waals surface area contributed by atoms with E-state index < -0.39 is 0 Å². The summed E-state index contributed by atoms with van der Waals surface area (Å²) in [7, 11) is 0. The van der Waals surface area contributed by atoms with Crippen LogP contribution in [0.3, 0.4) is 0 Å². The van der Waals surface area contributed by atoms with Crippen molar-refractivity contribution in [3.05, 3.63) is 12.7 Å².